The van der Waals surface area contributed by atoms with Crippen LogP contribution in [0.4, 0.5) is 0 Å². The summed E-state index contributed by atoms with van der Waals surface area (Å²) in [4.78, 5) is 0. The summed E-state index contributed by atoms with van der Waals surface area (Å²) in [7, 11) is 0. The molecule has 88 valence electrons. The van der Waals surface area contributed by atoms with E-state index in [4.69, 9.17) is 11.0 Å². The fourth-order valence-corrected chi connectivity index (χ4v) is 1.97. The van der Waals surface area contributed by atoms with E-state index in [1.54, 1.807) is 0 Å². The van der Waals surface area contributed by atoms with Crippen molar-refractivity contribution in [2.24, 2.45) is 17.1 Å². The van der Waals surface area contributed by atoms with Gasteiger partial charge in [-0.3, -0.25) is 0 Å². The Morgan fingerprint density at radius 3 is 2.67 bits per heavy atom. The maximum absolute atomic E-state index is 8.41. The van der Waals surface area contributed by atoms with E-state index in [0.717, 1.165) is 26.1 Å². The number of nitrogens with one attached hydrogen (secondary N) is 1. The SMILES string of the molecule is CC(CCN)CC(C)(C)CNCCC#N. The Hall–Kier alpha value is -0.590. The molecule has 0 bridgehead atoms. The first kappa shape index (κ1) is 14.4. The van der Waals surface area contributed by atoms with Crippen LogP contribution in [-0.4, -0.2) is 19.6 Å². The highest BCUT2D eigenvalue weighted by Gasteiger charge is 2.20. The van der Waals surface area contributed by atoms with E-state index < -0.39 is 0 Å². The van der Waals surface area contributed by atoms with Crippen LogP contribution in [0.3, 0.4) is 0 Å². The fraction of sp³-hybridized carbons (Fsp3) is 0.917. The molecule has 0 rings (SSSR count). The summed E-state index contributed by atoms with van der Waals surface area (Å²) in [5, 5.41) is 11.7. The third-order valence-electron chi connectivity index (χ3n) is 2.58. The first-order chi connectivity index (χ1) is 7.02. The van der Waals surface area contributed by atoms with Gasteiger partial charge in [-0.05, 0) is 30.7 Å². The van der Waals surface area contributed by atoms with Crippen molar-refractivity contribution in [1.82, 2.24) is 5.32 Å². The van der Waals surface area contributed by atoms with Gasteiger partial charge in [-0.2, -0.15) is 5.26 Å². The van der Waals surface area contributed by atoms with E-state index in [9.17, 15) is 0 Å². The van der Waals surface area contributed by atoms with E-state index in [-0.39, 0.29) is 0 Å². The standard InChI is InChI=1S/C12H25N3/c1-11(5-7-14)9-12(2,3)10-15-8-4-6-13/h11,15H,4-5,7-10,14H2,1-3H3. The van der Waals surface area contributed by atoms with Gasteiger partial charge in [0.1, 0.15) is 0 Å². The van der Waals surface area contributed by atoms with Crippen LogP contribution in [0, 0.1) is 22.7 Å². The Labute approximate surface area is 94.0 Å². The summed E-state index contributed by atoms with van der Waals surface area (Å²) < 4.78 is 0. The van der Waals surface area contributed by atoms with E-state index in [1.165, 1.54) is 6.42 Å². The molecule has 0 amide bonds. The van der Waals surface area contributed by atoms with E-state index in [0.29, 0.717) is 17.8 Å². The molecule has 0 heterocycles. The fourth-order valence-electron chi connectivity index (χ4n) is 1.97. The van der Waals surface area contributed by atoms with E-state index >= 15 is 0 Å². The van der Waals surface area contributed by atoms with Crippen molar-refractivity contribution in [3.05, 3.63) is 0 Å². The van der Waals surface area contributed by atoms with Crippen molar-refractivity contribution in [3.8, 4) is 6.07 Å². The lowest BCUT2D eigenvalue weighted by Gasteiger charge is -2.28. The van der Waals surface area contributed by atoms with Crippen LogP contribution in [0.1, 0.15) is 40.0 Å². The van der Waals surface area contributed by atoms with Crippen molar-refractivity contribution in [1.29, 1.82) is 5.26 Å². The number of hydrogen-bond acceptors (Lipinski definition) is 3. The summed E-state index contributed by atoms with van der Waals surface area (Å²) in [6.45, 7) is 9.33. The van der Waals surface area contributed by atoms with E-state index in [1.807, 2.05) is 0 Å². The van der Waals surface area contributed by atoms with Gasteiger partial charge < -0.3 is 11.1 Å². The summed E-state index contributed by atoms with van der Waals surface area (Å²) in [6.07, 6.45) is 2.87. The Balaban J connectivity index is 3.71. The monoisotopic (exact) mass is 211 g/mol. The number of nitrogens with zero attached hydrogens (tertiary/aromatic N) is 1. The van der Waals surface area contributed by atoms with Crippen molar-refractivity contribution < 1.29 is 0 Å². The predicted molar refractivity (Wildman–Crippen MR) is 64.3 cm³/mol. The lowest BCUT2D eigenvalue weighted by molar-refractivity contribution is 0.259. The Bertz CT molecular complexity index is 194. The second-order valence-electron chi connectivity index (χ2n) is 5.14. The van der Waals surface area contributed by atoms with Crippen LogP contribution in [0.2, 0.25) is 0 Å². The smallest absolute Gasteiger partial charge is 0.0635 e. The zero-order valence-corrected chi connectivity index (χ0v) is 10.3. The molecule has 0 spiro atoms. The van der Waals surface area contributed by atoms with Gasteiger partial charge in [0.25, 0.3) is 0 Å². The van der Waals surface area contributed by atoms with Crippen molar-refractivity contribution in [2.45, 2.75) is 40.0 Å². The topological polar surface area (TPSA) is 61.8 Å². The summed E-state index contributed by atoms with van der Waals surface area (Å²) in [6, 6.07) is 2.14. The minimum atomic E-state index is 0.296. The molecule has 0 aromatic rings. The average molecular weight is 211 g/mol. The molecule has 0 aromatic carbocycles. The normalized spacial score (nSPS) is 13.5. The zero-order valence-electron chi connectivity index (χ0n) is 10.3. The van der Waals surface area contributed by atoms with Crippen LogP contribution in [-0.2, 0) is 0 Å². The number of hydrogen-bond donors (Lipinski definition) is 2. The van der Waals surface area contributed by atoms with Gasteiger partial charge in [0, 0.05) is 19.5 Å². The number of rotatable bonds is 8. The largest absolute Gasteiger partial charge is 0.330 e. The predicted octanol–water partition coefficient (Wildman–Crippen LogP) is 1.89. The zero-order chi connectivity index (χ0) is 11.7. The second kappa shape index (κ2) is 7.67. The van der Waals surface area contributed by atoms with Crippen LogP contribution >= 0.6 is 0 Å². The minimum absolute atomic E-state index is 0.296. The van der Waals surface area contributed by atoms with Gasteiger partial charge in [0.15, 0.2) is 0 Å². The quantitative estimate of drug-likeness (QED) is 0.603. The molecular formula is C12H25N3. The molecule has 0 saturated heterocycles. The molecule has 0 aromatic heterocycles. The molecule has 15 heavy (non-hydrogen) atoms. The highest BCUT2D eigenvalue weighted by Crippen LogP contribution is 2.25. The summed E-state index contributed by atoms with van der Waals surface area (Å²) >= 11 is 0. The van der Waals surface area contributed by atoms with Gasteiger partial charge >= 0.3 is 0 Å². The second-order valence-corrected chi connectivity index (χ2v) is 5.14. The molecule has 0 aliphatic carbocycles. The van der Waals surface area contributed by atoms with Gasteiger partial charge in [-0.15, -0.1) is 0 Å². The highest BCUT2D eigenvalue weighted by molar-refractivity contribution is 4.76. The summed E-state index contributed by atoms with van der Waals surface area (Å²) in [5.41, 5.74) is 5.83. The molecule has 3 N–H and O–H groups in total. The van der Waals surface area contributed by atoms with Crippen molar-refractivity contribution in [2.75, 3.05) is 19.6 Å². The maximum Gasteiger partial charge on any atom is 0.0635 e. The molecule has 1 unspecified atom stereocenters. The maximum atomic E-state index is 8.41. The number of nitriles is 1. The lowest BCUT2D eigenvalue weighted by atomic mass is 9.82. The van der Waals surface area contributed by atoms with E-state index in [2.05, 4.69) is 32.2 Å². The molecule has 0 radical (unpaired) electrons. The Kier molecular flexibility index (Phi) is 7.37. The molecular weight excluding hydrogens is 186 g/mol. The van der Waals surface area contributed by atoms with Crippen LogP contribution in [0.5, 0.6) is 0 Å². The van der Waals surface area contributed by atoms with Crippen molar-refractivity contribution >= 4 is 0 Å². The molecule has 0 aliphatic heterocycles. The van der Waals surface area contributed by atoms with Gasteiger partial charge in [-0.25, -0.2) is 0 Å². The van der Waals surface area contributed by atoms with Gasteiger partial charge in [0.05, 0.1) is 6.07 Å². The Morgan fingerprint density at radius 2 is 2.13 bits per heavy atom. The lowest BCUT2D eigenvalue weighted by Crippen LogP contribution is -2.31. The molecule has 1 atom stereocenters. The molecule has 3 heteroatoms. The van der Waals surface area contributed by atoms with Gasteiger partial charge in [0.2, 0.25) is 0 Å². The summed E-state index contributed by atoms with van der Waals surface area (Å²) in [5.74, 6) is 0.683. The first-order valence-electron chi connectivity index (χ1n) is 5.79. The third-order valence-corrected chi connectivity index (χ3v) is 2.58. The van der Waals surface area contributed by atoms with Crippen LogP contribution in [0.25, 0.3) is 0 Å². The van der Waals surface area contributed by atoms with Gasteiger partial charge in [-0.1, -0.05) is 20.8 Å². The van der Waals surface area contributed by atoms with Crippen LogP contribution in [0.15, 0.2) is 0 Å². The molecule has 0 fully saturated rings. The molecule has 0 aliphatic rings. The average Bonchev–Trinajstić information content (AvgIpc) is 2.12. The first-order valence-corrected chi connectivity index (χ1v) is 5.79. The number of nitrogens with two attached hydrogens (primary N) is 1. The van der Waals surface area contributed by atoms with Crippen LogP contribution < -0.4 is 11.1 Å². The minimum Gasteiger partial charge on any atom is -0.330 e. The Morgan fingerprint density at radius 1 is 1.47 bits per heavy atom. The molecule has 0 saturated carbocycles. The third kappa shape index (κ3) is 8.41. The molecule has 3 nitrogen and oxygen atoms in total. The van der Waals surface area contributed by atoms with Crippen molar-refractivity contribution in [3.63, 3.8) is 0 Å². The highest BCUT2D eigenvalue weighted by atomic mass is 14.9.